The van der Waals surface area contributed by atoms with Gasteiger partial charge in [0.25, 0.3) is 10.0 Å². The lowest BCUT2D eigenvalue weighted by molar-refractivity contribution is -0.108. The van der Waals surface area contributed by atoms with E-state index in [9.17, 15) is 13.2 Å². The first-order chi connectivity index (χ1) is 8.93. The van der Waals surface area contributed by atoms with Gasteiger partial charge in [0, 0.05) is 6.54 Å². The summed E-state index contributed by atoms with van der Waals surface area (Å²) in [6, 6.07) is 3.49. The van der Waals surface area contributed by atoms with Crippen molar-refractivity contribution in [3.8, 4) is 0 Å². The molecule has 0 aliphatic carbocycles. The molecule has 1 fully saturated rings. The molecule has 1 saturated heterocycles. The minimum atomic E-state index is -3.85. The van der Waals surface area contributed by atoms with Crippen molar-refractivity contribution in [2.75, 3.05) is 13.2 Å². The van der Waals surface area contributed by atoms with Crippen molar-refractivity contribution in [2.24, 2.45) is 0 Å². The molecule has 0 unspecified atom stereocenters. The van der Waals surface area contributed by atoms with E-state index in [1.165, 1.54) is 12.1 Å². The summed E-state index contributed by atoms with van der Waals surface area (Å²) < 4.78 is 25.4. The third-order valence-electron chi connectivity index (χ3n) is 2.70. The van der Waals surface area contributed by atoms with Gasteiger partial charge >= 0.3 is 5.97 Å². The SMILES string of the molecule is O=C(O)c1ccc(S(=O)(=O)N2CCCCO2)c(Cl)c1. The normalized spacial score (nSPS) is 17.3. The Morgan fingerprint density at radius 1 is 1.37 bits per heavy atom. The van der Waals surface area contributed by atoms with Gasteiger partial charge in [-0.05, 0) is 31.0 Å². The molecule has 0 atom stereocenters. The first-order valence-electron chi connectivity index (χ1n) is 5.61. The maximum atomic E-state index is 12.3. The van der Waals surface area contributed by atoms with Crippen molar-refractivity contribution in [1.29, 1.82) is 0 Å². The second-order valence-corrected chi connectivity index (χ2v) is 6.23. The van der Waals surface area contributed by atoms with E-state index < -0.39 is 16.0 Å². The van der Waals surface area contributed by atoms with Crippen molar-refractivity contribution in [3.63, 3.8) is 0 Å². The molecule has 104 valence electrons. The van der Waals surface area contributed by atoms with Gasteiger partial charge in [0.2, 0.25) is 0 Å². The zero-order valence-electron chi connectivity index (χ0n) is 9.87. The number of benzene rings is 1. The number of hydroxylamine groups is 1. The number of nitrogens with zero attached hydrogens (tertiary/aromatic N) is 1. The van der Waals surface area contributed by atoms with E-state index in [2.05, 4.69) is 0 Å². The number of hydrogen-bond donors (Lipinski definition) is 1. The molecule has 0 aromatic heterocycles. The standard InChI is InChI=1S/C11H12ClNO5S/c12-9-7-8(11(14)15)3-4-10(9)19(16,17)13-5-1-2-6-18-13/h3-4,7H,1-2,5-6H2,(H,14,15). The fourth-order valence-corrected chi connectivity index (χ4v) is 3.54. The summed E-state index contributed by atoms with van der Waals surface area (Å²) in [6.07, 6.45) is 1.52. The molecule has 1 heterocycles. The lowest BCUT2D eigenvalue weighted by Gasteiger charge is -2.25. The molecule has 0 saturated carbocycles. The van der Waals surface area contributed by atoms with E-state index in [0.29, 0.717) is 13.0 Å². The number of rotatable bonds is 3. The molecule has 6 nitrogen and oxygen atoms in total. The topological polar surface area (TPSA) is 83.9 Å². The second kappa shape index (κ2) is 5.46. The minimum absolute atomic E-state index is 0.0662. The molecule has 8 heteroatoms. The number of sulfonamides is 1. The van der Waals surface area contributed by atoms with Crippen molar-refractivity contribution in [1.82, 2.24) is 4.47 Å². The zero-order chi connectivity index (χ0) is 14.0. The van der Waals surface area contributed by atoms with Crippen molar-refractivity contribution < 1.29 is 23.2 Å². The summed E-state index contributed by atoms with van der Waals surface area (Å²) in [4.78, 5) is 15.7. The number of aromatic carboxylic acids is 1. The molecule has 1 aromatic carbocycles. The van der Waals surface area contributed by atoms with Crippen molar-refractivity contribution >= 4 is 27.6 Å². The molecule has 0 spiro atoms. The maximum absolute atomic E-state index is 12.3. The van der Waals surface area contributed by atoms with Crippen molar-refractivity contribution in [2.45, 2.75) is 17.7 Å². The molecular weight excluding hydrogens is 294 g/mol. The fraction of sp³-hybridized carbons (Fsp3) is 0.364. The molecule has 1 aliphatic rings. The third kappa shape index (κ3) is 2.89. The zero-order valence-corrected chi connectivity index (χ0v) is 11.4. The Labute approximate surface area is 115 Å². The Morgan fingerprint density at radius 3 is 2.63 bits per heavy atom. The minimum Gasteiger partial charge on any atom is -0.478 e. The van der Waals surface area contributed by atoms with Crippen LogP contribution in [0.1, 0.15) is 23.2 Å². The van der Waals surface area contributed by atoms with E-state index in [-0.39, 0.29) is 22.0 Å². The van der Waals surface area contributed by atoms with Gasteiger partial charge in [-0.25, -0.2) is 13.2 Å². The largest absolute Gasteiger partial charge is 0.478 e. The van der Waals surface area contributed by atoms with E-state index in [0.717, 1.165) is 17.0 Å². The molecular formula is C11H12ClNO5S. The van der Waals surface area contributed by atoms with Gasteiger partial charge in [-0.15, -0.1) is 0 Å². The third-order valence-corrected chi connectivity index (χ3v) is 4.86. The van der Waals surface area contributed by atoms with E-state index in [1.807, 2.05) is 0 Å². The number of halogens is 1. The van der Waals surface area contributed by atoms with Gasteiger partial charge in [0.15, 0.2) is 0 Å². The molecule has 1 N–H and O–H groups in total. The van der Waals surface area contributed by atoms with Crippen LogP contribution in [0.4, 0.5) is 0 Å². The van der Waals surface area contributed by atoms with Crippen LogP contribution in [0.5, 0.6) is 0 Å². The Bertz CT molecular complexity index is 595. The van der Waals surface area contributed by atoms with E-state index >= 15 is 0 Å². The predicted octanol–water partition coefficient (Wildman–Crippen LogP) is 1.75. The average molecular weight is 306 g/mol. The van der Waals surface area contributed by atoms with Crippen LogP contribution in [0.2, 0.25) is 5.02 Å². The fourth-order valence-electron chi connectivity index (χ4n) is 1.72. The smallest absolute Gasteiger partial charge is 0.335 e. The summed E-state index contributed by atoms with van der Waals surface area (Å²) in [5.41, 5.74) is -0.0662. The summed E-state index contributed by atoms with van der Waals surface area (Å²) in [7, 11) is -3.85. The van der Waals surface area contributed by atoms with Gasteiger partial charge in [-0.1, -0.05) is 16.1 Å². The van der Waals surface area contributed by atoms with Crippen LogP contribution in [-0.2, 0) is 14.9 Å². The number of carboxylic acids is 1. The van der Waals surface area contributed by atoms with Crippen LogP contribution in [-0.4, -0.2) is 37.1 Å². The van der Waals surface area contributed by atoms with Crippen molar-refractivity contribution in [3.05, 3.63) is 28.8 Å². The summed E-state index contributed by atoms with van der Waals surface area (Å²) >= 11 is 5.85. The first-order valence-corrected chi connectivity index (χ1v) is 7.43. The lowest BCUT2D eigenvalue weighted by atomic mass is 10.2. The van der Waals surface area contributed by atoms with Crippen LogP contribution in [0.15, 0.2) is 23.1 Å². The van der Waals surface area contributed by atoms with Gasteiger partial charge in [0.1, 0.15) is 4.90 Å². The molecule has 1 aliphatic heterocycles. The highest BCUT2D eigenvalue weighted by Crippen LogP contribution is 2.27. The average Bonchev–Trinajstić information content (AvgIpc) is 2.39. The predicted molar refractivity (Wildman–Crippen MR) is 67.5 cm³/mol. The molecule has 0 bridgehead atoms. The summed E-state index contributed by atoms with van der Waals surface area (Å²) in [5.74, 6) is -1.17. The highest BCUT2D eigenvalue weighted by atomic mass is 35.5. The van der Waals surface area contributed by atoms with Crippen LogP contribution < -0.4 is 0 Å². The number of hydrogen-bond acceptors (Lipinski definition) is 4. The maximum Gasteiger partial charge on any atom is 0.335 e. The number of carboxylic acid groups (broad SMARTS) is 1. The lowest BCUT2D eigenvalue weighted by Crippen LogP contribution is -2.35. The second-order valence-electron chi connectivity index (χ2n) is 4.02. The highest BCUT2D eigenvalue weighted by Gasteiger charge is 2.29. The number of carbonyl (C=O) groups is 1. The van der Waals surface area contributed by atoms with E-state index in [1.54, 1.807) is 0 Å². The van der Waals surface area contributed by atoms with Gasteiger partial charge < -0.3 is 5.11 Å². The molecule has 0 radical (unpaired) electrons. The Morgan fingerprint density at radius 2 is 2.11 bits per heavy atom. The highest BCUT2D eigenvalue weighted by molar-refractivity contribution is 7.89. The Kier molecular flexibility index (Phi) is 4.10. The van der Waals surface area contributed by atoms with Crippen LogP contribution >= 0.6 is 11.6 Å². The summed E-state index contributed by atoms with van der Waals surface area (Å²) in [5, 5.41) is 8.68. The molecule has 19 heavy (non-hydrogen) atoms. The van der Waals surface area contributed by atoms with Crippen LogP contribution in [0.3, 0.4) is 0 Å². The Hall–Kier alpha value is -1.15. The van der Waals surface area contributed by atoms with Gasteiger partial charge in [0.05, 0.1) is 17.2 Å². The van der Waals surface area contributed by atoms with Crippen LogP contribution in [0.25, 0.3) is 0 Å². The van der Waals surface area contributed by atoms with Gasteiger partial charge in [-0.2, -0.15) is 0 Å². The molecule has 1 aromatic rings. The molecule has 0 amide bonds. The van der Waals surface area contributed by atoms with Crippen LogP contribution in [0, 0.1) is 0 Å². The van der Waals surface area contributed by atoms with E-state index in [4.69, 9.17) is 21.5 Å². The molecule has 2 rings (SSSR count). The quantitative estimate of drug-likeness (QED) is 0.920. The summed E-state index contributed by atoms with van der Waals surface area (Å²) in [6.45, 7) is 0.601. The Balaban J connectivity index is 2.37. The first kappa shape index (κ1) is 14.3. The monoisotopic (exact) mass is 305 g/mol. The van der Waals surface area contributed by atoms with Gasteiger partial charge in [-0.3, -0.25) is 4.84 Å².